The molecule has 0 saturated heterocycles. The van der Waals surface area contributed by atoms with Gasteiger partial charge in [0.25, 0.3) is 5.91 Å². The molecule has 0 spiro atoms. The fourth-order valence-electron chi connectivity index (χ4n) is 3.81. The standard InChI is InChI=1S/C24H22Cl2N4O4/c1-13-22(23(31)24(32)29-15-6-7-27-21(9-15)34-3)17-10-16(33-2)4-5-20(17)30(13)12-19-18(26)8-14(25)11-28-19/h4-11,23,31H,12H2,1-3H3,(H,27,29,32). The number of nitrogens with zero attached hydrogens (tertiary/aromatic N) is 3. The number of halogens is 2. The summed E-state index contributed by atoms with van der Waals surface area (Å²) < 4.78 is 12.4. The molecule has 1 aromatic carbocycles. The number of benzene rings is 1. The first kappa shape index (κ1) is 23.8. The smallest absolute Gasteiger partial charge is 0.257 e. The molecule has 0 saturated carbocycles. The summed E-state index contributed by atoms with van der Waals surface area (Å²) in [5.41, 5.74) is 2.99. The van der Waals surface area contributed by atoms with E-state index in [9.17, 15) is 9.90 Å². The van der Waals surface area contributed by atoms with Gasteiger partial charge in [-0.15, -0.1) is 0 Å². The number of aromatic nitrogens is 3. The van der Waals surface area contributed by atoms with Crippen molar-refractivity contribution in [3.63, 3.8) is 0 Å². The number of carbonyl (C=O) groups excluding carboxylic acids is 1. The Labute approximate surface area is 206 Å². The Kier molecular flexibility index (Phi) is 6.92. The SMILES string of the molecule is COc1ccc2c(c1)c(C(O)C(=O)Nc1ccnc(OC)c1)c(C)n2Cc1ncc(Cl)cc1Cl. The Hall–Kier alpha value is -3.33. The average Bonchev–Trinajstić information content (AvgIpc) is 3.10. The number of aliphatic hydroxyl groups is 1. The Morgan fingerprint density at radius 2 is 1.94 bits per heavy atom. The summed E-state index contributed by atoms with van der Waals surface area (Å²) in [6, 6.07) is 10.3. The Bertz CT molecular complexity index is 1370. The van der Waals surface area contributed by atoms with Gasteiger partial charge in [0.2, 0.25) is 5.88 Å². The van der Waals surface area contributed by atoms with Crippen LogP contribution in [0.5, 0.6) is 11.6 Å². The van der Waals surface area contributed by atoms with Gasteiger partial charge in [0, 0.05) is 46.3 Å². The van der Waals surface area contributed by atoms with Gasteiger partial charge in [-0.25, -0.2) is 4.98 Å². The molecule has 1 unspecified atom stereocenters. The second kappa shape index (κ2) is 9.89. The molecular weight excluding hydrogens is 479 g/mol. The van der Waals surface area contributed by atoms with Crippen molar-refractivity contribution in [2.75, 3.05) is 19.5 Å². The third-order valence-corrected chi connectivity index (χ3v) is 6.04. The largest absolute Gasteiger partial charge is 0.497 e. The van der Waals surface area contributed by atoms with E-state index in [0.29, 0.717) is 56.2 Å². The van der Waals surface area contributed by atoms with Crippen LogP contribution >= 0.6 is 23.2 Å². The molecular formula is C24H22Cl2N4O4. The van der Waals surface area contributed by atoms with Crippen molar-refractivity contribution < 1.29 is 19.4 Å². The van der Waals surface area contributed by atoms with Crippen molar-refractivity contribution in [1.29, 1.82) is 0 Å². The van der Waals surface area contributed by atoms with Crippen molar-refractivity contribution in [3.05, 3.63) is 75.8 Å². The lowest BCUT2D eigenvalue weighted by molar-refractivity contribution is -0.124. The Morgan fingerprint density at radius 1 is 1.15 bits per heavy atom. The first-order chi connectivity index (χ1) is 16.3. The number of hydrogen-bond donors (Lipinski definition) is 2. The number of hydrogen-bond acceptors (Lipinski definition) is 6. The highest BCUT2D eigenvalue weighted by Gasteiger charge is 2.27. The molecule has 176 valence electrons. The highest BCUT2D eigenvalue weighted by atomic mass is 35.5. The minimum atomic E-state index is -1.45. The van der Waals surface area contributed by atoms with Gasteiger partial charge < -0.3 is 24.5 Å². The number of rotatable bonds is 7. The summed E-state index contributed by atoms with van der Waals surface area (Å²) in [5.74, 6) is 0.345. The van der Waals surface area contributed by atoms with Crippen LogP contribution < -0.4 is 14.8 Å². The summed E-state index contributed by atoms with van der Waals surface area (Å²) >= 11 is 12.3. The quantitative estimate of drug-likeness (QED) is 0.378. The lowest BCUT2D eigenvalue weighted by Gasteiger charge is -2.14. The summed E-state index contributed by atoms with van der Waals surface area (Å²) in [6.07, 6.45) is 1.58. The van der Waals surface area contributed by atoms with Crippen molar-refractivity contribution in [2.24, 2.45) is 0 Å². The maximum absolute atomic E-state index is 13.0. The number of aliphatic hydroxyl groups excluding tert-OH is 1. The number of pyridine rings is 2. The lowest BCUT2D eigenvalue weighted by atomic mass is 10.0. The molecule has 4 rings (SSSR count). The van der Waals surface area contributed by atoms with Crippen molar-refractivity contribution in [3.8, 4) is 11.6 Å². The number of anilines is 1. The Morgan fingerprint density at radius 3 is 2.65 bits per heavy atom. The van der Waals surface area contributed by atoms with E-state index >= 15 is 0 Å². The summed E-state index contributed by atoms with van der Waals surface area (Å²) in [4.78, 5) is 21.4. The molecule has 0 bridgehead atoms. The van der Waals surface area contributed by atoms with Crippen LogP contribution in [0.2, 0.25) is 10.0 Å². The van der Waals surface area contributed by atoms with E-state index in [2.05, 4.69) is 15.3 Å². The zero-order valence-electron chi connectivity index (χ0n) is 18.7. The zero-order chi connectivity index (χ0) is 24.4. The van der Waals surface area contributed by atoms with Gasteiger partial charge in [0.05, 0.1) is 36.5 Å². The predicted octanol–water partition coefficient (Wildman–Crippen LogP) is 4.78. The monoisotopic (exact) mass is 500 g/mol. The number of fused-ring (bicyclic) bond motifs is 1. The average molecular weight is 501 g/mol. The molecule has 10 heteroatoms. The van der Waals surface area contributed by atoms with E-state index in [1.807, 2.05) is 23.6 Å². The molecule has 0 aliphatic carbocycles. The minimum absolute atomic E-state index is 0.320. The van der Waals surface area contributed by atoms with Crippen LogP contribution in [-0.2, 0) is 11.3 Å². The topological polar surface area (TPSA) is 98.5 Å². The van der Waals surface area contributed by atoms with Crippen LogP contribution in [0.15, 0.2) is 48.8 Å². The maximum Gasteiger partial charge on any atom is 0.257 e. The molecule has 4 aromatic rings. The normalized spacial score (nSPS) is 11.9. The van der Waals surface area contributed by atoms with E-state index < -0.39 is 12.0 Å². The summed E-state index contributed by atoms with van der Waals surface area (Å²) in [5, 5.41) is 15.4. The molecule has 0 aliphatic rings. The van der Waals surface area contributed by atoms with E-state index in [1.54, 1.807) is 31.4 Å². The molecule has 34 heavy (non-hydrogen) atoms. The first-order valence-electron chi connectivity index (χ1n) is 10.3. The summed E-state index contributed by atoms with van der Waals surface area (Å²) in [7, 11) is 3.04. The number of nitrogens with one attached hydrogen (secondary N) is 1. The highest BCUT2D eigenvalue weighted by Crippen LogP contribution is 2.35. The molecule has 8 nitrogen and oxygen atoms in total. The van der Waals surface area contributed by atoms with Gasteiger partial charge in [-0.05, 0) is 37.3 Å². The number of ether oxygens (including phenoxy) is 2. The maximum atomic E-state index is 13.0. The number of methoxy groups -OCH3 is 2. The van der Waals surface area contributed by atoms with Gasteiger partial charge in [0.1, 0.15) is 5.75 Å². The molecule has 2 N–H and O–H groups in total. The van der Waals surface area contributed by atoms with Crippen LogP contribution in [0.3, 0.4) is 0 Å². The second-order valence-electron chi connectivity index (χ2n) is 7.53. The highest BCUT2D eigenvalue weighted by molar-refractivity contribution is 6.34. The lowest BCUT2D eigenvalue weighted by Crippen LogP contribution is -2.21. The zero-order valence-corrected chi connectivity index (χ0v) is 20.2. The fourth-order valence-corrected chi connectivity index (χ4v) is 4.25. The van der Waals surface area contributed by atoms with Crippen molar-refractivity contribution in [1.82, 2.24) is 14.5 Å². The predicted molar refractivity (Wildman–Crippen MR) is 131 cm³/mol. The van der Waals surface area contributed by atoms with E-state index in [1.165, 1.54) is 19.5 Å². The molecule has 1 atom stereocenters. The van der Waals surface area contributed by atoms with Crippen LogP contribution in [-0.4, -0.2) is 39.8 Å². The van der Waals surface area contributed by atoms with Gasteiger partial charge in [-0.2, -0.15) is 0 Å². The third kappa shape index (κ3) is 4.65. The van der Waals surface area contributed by atoms with Crippen LogP contribution in [0.1, 0.15) is 23.1 Å². The van der Waals surface area contributed by atoms with Crippen LogP contribution in [0.25, 0.3) is 10.9 Å². The molecule has 1 amide bonds. The summed E-state index contributed by atoms with van der Waals surface area (Å²) in [6.45, 7) is 2.15. The van der Waals surface area contributed by atoms with Crippen molar-refractivity contribution >= 4 is 45.7 Å². The van der Waals surface area contributed by atoms with Gasteiger partial charge in [-0.3, -0.25) is 9.78 Å². The molecule has 0 fully saturated rings. The minimum Gasteiger partial charge on any atom is -0.497 e. The van der Waals surface area contributed by atoms with Crippen LogP contribution in [0, 0.1) is 6.92 Å². The van der Waals surface area contributed by atoms with Gasteiger partial charge in [-0.1, -0.05) is 23.2 Å². The molecule has 3 aromatic heterocycles. The molecule has 0 aliphatic heterocycles. The van der Waals surface area contributed by atoms with Crippen LogP contribution in [0.4, 0.5) is 5.69 Å². The first-order valence-corrected chi connectivity index (χ1v) is 11.0. The van der Waals surface area contributed by atoms with E-state index in [4.69, 9.17) is 32.7 Å². The van der Waals surface area contributed by atoms with Gasteiger partial charge in [0.15, 0.2) is 6.10 Å². The van der Waals surface area contributed by atoms with E-state index in [0.717, 1.165) is 5.52 Å². The molecule has 0 radical (unpaired) electrons. The van der Waals surface area contributed by atoms with Gasteiger partial charge >= 0.3 is 0 Å². The second-order valence-corrected chi connectivity index (χ2v) is 8.37. The van der Waals surface area contributed by atoms with E-state index in [-0.39, 0.29) is 0 Å². The Balaban J connectivity index is 1.76. The third-order valence-electron chi connectivity index (χ3n) is 5.50. The number of carbonyl (C=O) groups is 1. The number of amides is 1. The molecule has 3 heterocycles. The van der Waals surface area contributed by atoms with Crippen molar-refractivity contribution in [2.45, 2.75) is 19.6 Å². The fraction of sp³-hybridized carbons (Fsp3) is 0.208.